The normalized spacial score (nSPS) is 10.5. The first-order chi connectivity index (χ1) is 12.0. The molecule has 1 heterocycles. The summed E-state index contributed by atoms with van der Waals surface area (Å²) in [6.45, 7) is 4.13. The molecule has 3 rings (SSSR count). The van der Waals surface area contributed by atoms with Gasteiger partial charge in [-0.05, 0) is 43.2 Å². The summed E-state index contributed by atoms with van der Waals surface area (Å²) in [6, 6.07) is 13.8. The minimum atomic E-state index is -0.0879. The molecule has 25 heavy (non-hydrogen) atoms. The van der Waals surface area contributed by atoms with Crippen LogP contribution in [0.4, 0.5) is 5.13 Å². The van der Waals surface area contributed by atoms with Gasteiger partial charge >= 0.3 is 0 Å². The van der Waals surface area contributed by atoms with Crippen molar-refractivity contribution in [2.24, 2.45) is 0 Å². The van der Waals surface area contributed by atoms with Gasteiger partial charge in [-0.25, -0.2) is 4.98 Å². The van der Waals surface area contributed by atoms with Gasteiger partial charge in [0.05, 0.1) is 19.2 Å². The lowest BCUT2D eigenvalue weighted by Gasteiger charge is -2.05. The molecule has 1 aromatic heterocycles. The SMILES string of the molecule is COc1cccc(CC(=O)Nc2nc(-c3cc(C)ccc3C)cs2)c1. The second-order valence-corrected chi connectivity index (χ2v) is 6.79. The van der Waals surface area contributed by atoms with Crippen LogP contribution in [0.25, 0.3) is 11.3 Å². The lowest BCUT2D eigenvalue weighted by molar-refractivity contribution is -0.115. The number of aryl methyl sites for hydroxylation is 2. The molecule has 5 heteroatoms. The molecule has 0 atom stereocenters. The molecule has 0 spiro atoms. The molecular formula is C20H20N2O2S. The van der Waals surface area contributed by atoms with Crippen molar-refractivity contribution in [3.05, 3.63) is 64.5 Å². The van der Waals surface area contributed by atoms with Crippen LogP contribution in [-0.4, -0.2) is 18.0 Å². The number of aromatic nitrogens is 1. The summed E-state index contributed by atoms with van der Waals surface area (Å²) >= 11 is 1.44. The summed E-state index contributed by atoms with van der Waals surface area (Å²) in [5.41, 5.74) is 5.26. The van der Waals surface area contributed by atoms with E-state index in [4.69, 9.17) is 4.74 Å². The first kappa shape index (κ1) is 17.2. The third-order valence-electron chi connectivity index (χ3n) is 3.92. The zero-order valence-electron chi connectivity index (χ0n) is 14.5. The lowest BCUT2D eigenvalue weighted by Crippen LogP contribution is -2.14. The highest BCUT2D eigenvalue weighted by molar-refractivity contribution is 7.14. The molecule has 0 aliphatic heterocycles. The van der Waals surface area contributed by atoms with Crippen molar-refractivity contribution in [3.8, 4) is 17.0 Å². The number of anilines is 1. The number of carbonyl (C=O) groups excluding carboxylic acids is 1. The maximum Gasteiger partial charge on any atom is 0.230 e. The first-order valence-electron chi connectivity index (χ1n) is 8.01. The third kappa shape index (κ3) is 4.25. The minimum absolute atomic E-state index is 0.0879. The number of amides is 1. The van der Waals surface area contributed by atoms with Crippen LogP contribution in [0.15, 0.2) is 47.8 Å². The lowest BCUT2D eigenvalue weighted by atomic mass is 10.0. The molecule has 0 saturated carbocycles. The molecule has 3 aromatic rings. The third-order valence-corrected chi connectivity index (χ3v) is 4.68. The molecule has 0 unspecified atom stereocenters. The van der Waals surface area contributed by atoms with Gasteiger partial charge in [0.15, 0.2) is 5.13 Å². The second kappa shape index (κ2) is 7.49. The Morgan fingerprint density at radius 2 is 2.04 bits per heavy atom. The van der Waals surface area contributed by atoms with Gasteiger partial charge in [0.2, 0.25) is 5.91 Å². The summed E-state index contributed by atoms with van der Waals surface area (Å²) in [5, 5.41) is 5.47. The maximum atomic E-state index is 12.3. The first-order valence-corrected chi connectivity index (χ1v) is 8.89. The quantitative estimate of drug-likeness (QED) is 0.729. The van der Waals surface area contributed by atoms with Gasteiger partial charge in [0.1, 0.15) is 5.75 Å². The van der Waals surface area contributed by atoms with E-state index in [0.717, 1.165) is 22.6 Å². The molecule has 128 valence electrons. The summed E-state index contributed by atoms with van der Waals surface area (Å²) in [5.74, 6) is 0.659. The Bertz CT molecular complexity index is 902. The van der Waals surface area contributed by atoms with Gasteiger partial charge in [-0.1, -0.05) is 29.8 Å². The van der Waals surface area contributed by atoms with Crippen LogP contribution in [0.5, 0.6) is 5.75 Å². The van der Waals surface area contributed by atoms with Crippen LogP contribution < -0.4 is 10.1 Å². The van der Waals surface area contributed by atoms with Gasteiger partial charge in [0.25, 0.3) is 0 Å². The molecule has 0 radical (unpaired) electrons. The fourth-order valence-electron chi connectivity index (χ4n) is 2.60. The summed E-state index contributed by atoms with van der Waals surface area (Å²) < 4.78 is 5.19. The average molecular weight is 352 g/mol. The molecule has 1 amide bonds. The van der Waals surface area contributed by atoms with Crippen LogP contribution >= 0.6 is 11.3 Å². The zero-order valence-corrected chi connectivity index (χ0v) is 15.3. The van der Waals surface area contributed by atoms with Crippen LogP contribution in [-0.2, 0) is 11.2 Å². The van der Waals surface area contributed by atoms with Crippen molar-refractivity contribution < 1.29 is 9.53 Å². The van der Waals surface area contributed by atoms with Crippen molar-refractivity contribution in [1.29, 1.82) is 0 Å². The molecule has 0 aliphatic carbocycles. The Labute approximate surface area is 151 Å². The van der Waals surface area contributed by atoms with E-state index in [1.165, 1.54) is 22.5 Å². The van der Waals surface area contributed by atoms with E-state index in [1.807, 2.05) is 29.6 Å². The molecule has 4 nitrogen and oxygen atoms in total. The Morgan fingerprint density at radius 1 is 1.20 bits per heavy atom. The number of nitrogens with zero attached hydrogens (tertiary/aromatic N) is 1. The van der Waals surface area contributed by atoms with E-state index in [9.17, 15) is 4.79 Å². The van der Waals surface area contributed by atoms with Gasteiger partial charge in [-0.15, -0.1) is 11.3 Å². The molecule has 0 bridgehead atoms. The highest BCUT2D eigenvalue weighted by atomic mass is 32.1. The molecule has 1 N–H and O–H groups in total. The Balaban J connectivity index is 1.70. The highest BCUT2D eigenvalue weighted by Gasteiger charge is 2.11. The van der Waals surface area contributed by atoms with Crippen LogP contribution in [0, 0.1) is 13.8 Å². The summed E-state index contributed by atoms with van der Waals surface area (Å²) in [7, 11) is 1.61. The fourth-order valence-corrected chi connectivity index (χ4v) is 3.32. The number of ether oxygens (including phenoxy) is 1. The number of hydrogen-bond acceptors (Lipinski definition) is 4. The van der Waals surface area contributed by atoms with Gasteiger partial charge in [-0.2, -0.15) is 0 Å². The monoisotopic (exact) mass is 352 g/mol. The number of benzene rings is 2. The number of methoxy groups -OCH3 is 1. The highest BCUT2D eigenvalue weighted by Crippen LogP contribution is 2.28. The second-order valence-electron chi connectivity index (χ2n) is 5.93. The summed E-state index contributed by atoms with van der Waals surface area (Å²) in [6.07, 6.45) is 0.287. The van der Waals surface area contributed by atoms with E-state index >= 15 is 0 Å². The fraction of sp³-hybridized carbons (Fsp3) is 0.200. The Hall–Kier alpha value is -2.66. The predicted octanol–water partition coefficient (Wildman–Crippen LogP) is 4.62. The number of nitrogens with one attached hydrogen (secondary N) is 1. The topological polar surface area (TPSA) is 51.2 Å². The van der Waals surface area contributed by atoms with E-state index in [1.54, 1.807) is 7.11 Å². The van der Waals surface area contributed by atoms with Crippen LogP contribution in [0.2, 0.25) is 0 Å². The largest absolute Gasteiger partial charge is 0.497 e. The summed E-state index contributed by atoms with van der Waals surface area (Å²) in [4.78, 5) is 16.8. The van der Waals surface area contributed by atoms with Gasteiger partial charge < -0.3 is 10.1 Å². The standard InChI is InChI=1S/C20H20N2O2S/c1-13-7-8-14(2)17(9-13)18-12-25-20(21-18)22-19(23)11-15-5-4-6-16(10-15)24-3/h4-10,12H,11H2,1-3H3,(H,21,22,23). The Kier molecular flexibility index (Phi) is 5.14. The van der Waals surface area contributed by atoms with Crippen molar-refractivity contribution >= 4 is 22.4 Å². The molecule has 0 saturated heterocycles. The van der Waals surface area contributed by atoms with Crippen molar-refractivity contribution in [3.63, 3.8) is 0 Å². The van der Waals surface area contributed by atoms with Crippen LogP contribution in [0.3, 0.4) is 0 Å². The maximum absolute atomic E-state index is 12.3. The van der Waals surface area contributed by atoms with Gasteiger partial charge in [0, 0.05) is 10.9 Å². The van der Waals surface area contributed by atoms with Gasteiger partial charge in [-0.3, -0.25) is 4.79 Å². The van der Waals surface area contributed by atoms with E-state index in [0.29, 0.717) is 5.13 Å². The Morgan fingerprint density at radius 3 is 2.84 bits per heavy atom. The number of rotatable bonds is 5. The molecular weight excluding hydrogens is 332 g/mol. The van der Waals surface area contributed by atoms with E-state index in [2.05, 4.69) is 42.3 Å². The molecule has 0 fully saturated rings. The van der Waals surface area contributed by atoms with Crippen molar-refractivity contribution in [2.45, 2.75) is 20.3 Å². The molecule has 0 aliphatic rings. The minimum Gasteiger partial charge on any atom is -0.497 e. The average Bonchev–Trinajstić information content (AvgIpc) is 3.05. The number of thiazole rings is 1. The smallest absolute Gasteiger partial charge is 0.230 e. The molecule has 2 aromatic carbocycles. The van der Waals surface area contributed by atoms with Crippen molar-refractivity contribution in [2.75, 3.05) is 12.4 Å². The zero-order chi connectivity index (χ0) is 17.8. The van der Waals surface area contributed by atoms with Crippen LogP contribution in [0.1, 0.15) is 16.7 Å². The predicted molar refractivity (Wildman–Crippen MR) is 102 cm³/mol. The van der Waals surface area contributed by atoms with Crippen molar-refractivity contribution in [1.82, 2.24) is 4.98 Å². The van der Waals surface area contributed by atoms with E-state index < -0.39 is 0 Å². The number of hydrogen-bond donors (Lipinski definition) is 1. The van der Waals surface area contributed by atoms with E-state index in [-0.39, 0.29) is 12.3 Å². The number of carbonyl (C=O) groups is 1.